The maximum Gasteiger partial charge on any atom is 0.119 e. The molecule has 1 fully saturated rings. The van der Waals surface area contributed by atoms with Gasteiger partial charge in [0.15, 0.2) is 0 Å². The van der Waals surface area contributed by atoms with E-state index in [1.807, 2.05) is 30.8 Å². The summed E-state index contributed by atoms with van der Waals surface area (Å²) in [4.78, 5) is 0. The van der Waals surface area contributed by atoms with E-state index in [0.717, 1.165) is 5.75 Å². The second-order valence-corrected chi connectivity index (χ2v) is 5.55. The molecule has 1 saturated heterocycles. The molecular formula is C13H20N2OS. The zero-order valence-corrected chi connectivity index (χ0v) is 11.0. The number of rotatable bonds is 5. The number of benzene rings is 1. The van der Waals surface area contributed by atoms with Crippen molar-refractivity contribution in [3.05, 3.63) is 29.8 Å². The topological polar surface area (TPSA) is 47.3 Å². The maximum absolute atomic E-state index is 5.70. The fraction of sp³-hybridized carbons (Fsp3) is 0.538. The predicted octanol–water partition coefficient (Wildman–Crippen LogP) is 2.49. The molecule has 2 atom stereocenters. The molecule has 0 bridgehead atoms. The van der Waals surface area contributed by atoms with E-state index in [1.165, 1.54) is 24.2 Å². The van der Waals surface area contributed by atoms with E-state index in [9.17, 15) is 0 Å². The summed E-state index contributed by atoms with van der Waals surface area (Å²) in [5.41, 5.74) is 4.17. The van der Waals surface area contributed by atoms with Crippen LogP contribution in [0.3, 0.4) is 0 Å². The summed E-state index contributed by atoms with van der Waals surface area (Å²) in [6, 6.07) is 8.45. The van der Waals surface area contributed by atoms with Crippen LogP contribution in [-0.4, -0.2) is 17.6 Å². The zero-order chi connectivity index (χ0) is 12.1. The first-order valence-electron chi connectivity index (χ1n) is 6.15. The largest absolute Gasteiger partial charge is 0.494 e. The minimum absolute atomic E-state index is 0.225. The molecule has 3 nitrogen and oxygen atoms in total. The van der Waals surface area contributed by atoms with Crippen LogP contribution in [0.1, 0.15) is 31.4 Å². The third kappa shape index (κ3) is 3.15. The van der Waals surface area contributed by atoms with Crippen molar-refractivity contribution in [2.45, 2.75) is 31.1 Å². The van der Waals surface area contributed by atoms with Gasteiger partial charge in [0.05, 0.1) is 12.6 Å². The normalized spacial score (nSPS) is 21.4. The van der Waals surface area contributed by atoms with E-state index in [4.69, 9.17) is 10.6 Å². The monoisotopic (exact) mass is 252 g/mol. The molecule has 3 N–H and O–H groups in total. The second-order valence-electron chi connectivity index (χ2n) is 4.20. The number of ether oxygens (including phenoxy) is 1. The van der Waals surface area contributed by atoms with E-state index in [1.54, 1.807) is 0 Å². The standard InChI is InChI=1S/C13H20N2OS/c1-2-16-11-6-3-5-10(9-11)13(15-14)12-7-4-8-17-12/h3,5-6,9,12-13,15H,2,4,7-8,14H2,1H3. The van der Waals surface area contributed by atoms with Crippen molar-refractivity contribution in [1.29, 1.82) is 0 Å². The number of nitrogens with one attached hydrogen (secondary N) is 1. The van der Waals surface area contributed by atoms with Gasteiger partial charge in [-0.25, -0.2) is 0 Å². The first-order chi connectivity index (χ1) is 8.35. The van der Waals surface area contributed by atoms with Gasteiger partial charge in [-0.05, 0) is 43.2 Å². The van der Waals surface area contributed by atoms with Crippen LogP contribution in [0.25, 0.3) is 0 Å². The first kappa shape index (κ1) is 12.7. The third-order valence-electron chi connectivity index (χ3n) is 3.04. The molecular weight excluding hydrogens is 232 g/mol. The summed E-state index contributed by atoms with van der Waals surface area (Å²) in [5.74, 6) is 7.87. The molecule has 94 valence electrons. The van der Waals surface area contributed by atoms with Crippen molar-refractivity contribution in [3.8, 4) is 5.75 Å². The van der Waals surface area contributed by atoms with Crippen LogP contribution in [0.4, 0.5) is 0 Å². The quantitative estimate of drug-likeness (QED) is 0.624. The number of hydrazine groups is 1. The molecule has 0 aromatic heterocycles. The molecule has 17 heavy (non-hydrogen) atoms. The van der Waals surface area contributed by atoms with Crippen LogP contribution >= 0.6 is 11.8 Å². The van der Waals surface area contributed by atoms with Crippen molar-refractivity contribution < 1.29 is 4.74 Å². The average molecular weight is 252 g/mol. The number of nitrogens with two attached hydrogens (primary N) is 1. The Morgan fingerprint density at radius 1 is 1.59 bits per heavy atom. The lowest BCUT2D eigenvalue weighted by atomic mass is 10.0. The van der Waals surface area contributed by atoms with Crippen molar-refractivity contribution >= 4 is 11.8 Å². The highest BCUT2D eigenvalue weighted by Crippen LogP contribution is 2.36. The molecule has 4 heteroatoms. The van der Waals surface area contributed by atoms with E-state index < -0.39 is 0 Å². The molecule has 0 amide bonds. The molecule has 2 unspecified atom stereocenters. The molecule has 1 aliphatic heterocycles. The zero-order valence-electron chi connectivity index (χ0n) is 10.2. The van der Waals surface area contributed by atoms with Crippen LogP contribution in [0.5, 0.6) is 5.75 Å². The minimum atomic E-state index is 0.225. The lowest BCUT2D eigenvalue weighted by Gasteiger charge is -2.22. The lowest BCUT2D eigenvalue weighted by Crippen LogP contribution is -2.34. The summed E-state index contributed by atoms with van der Waals surface area (Å²) in [5, 5.41) is 0.580. The van der Waals surface area contributed by atoms with E-state index in [2.05, 4.69) is 17.6 Å². The Morgan fingerprint density at radius 2 is 2.47 bits per heavy atom. The molecule has 1 aliphatic rings. The fourth-order valence-corrected chi connectivity index (χ4v) is 3.65. The Balaban J connectivity index is 2.14. The lowest BCUT2D eigenvalue weighted by molar-refractivity contribution is 0.339. The highest BCUT2D eigenvalue weighted by atomic mass is 32.2. The second kappa shape index (κ2) is 6.28. The van der Waals surface area contributed by atoms with E-state index >= 15 is 0 Å². The number of hydrogen-bond donors (Lipinski definition) is 2. The van der Waals surface area contributed by atoms with Gasteiger partial charge in [0.25, 0.3) is 0 Å². The summed E-state index contributed by atoms with van der Waals surface area (Å²) >= 11 is 2.01. The summed E-state index contributed by atoms with van der Waals surface area (Å²) < 4.78 is 5.53. The van der Waals surface area contributed by atoms with Gasteiger partial charge in [-0.15, -0.1) is 0 Å². The van der Waals surface area contributed by atoms with Crippen molar-refractivity contribution in [2.75, 3.05) is 12.4 Å². The van der Waals surface area contributed by atoms with Crippen LogP contribution in [0.15, 0.2) is 24.3 Å². The van der Waals surface area contributed by atoms with Crippen molar-refractivity contribution in [3.63, 3.8) is 0 Å². The van der Waals surface area contributed by atoms with Gasteiger partial charge in [0.1, 0.15) is 5.75 Å². The maximum atomic E-state index is 5.70. The van der Waals surface area contributed by atoms with Crippen LogP contribution in [-0.2, 0) is 0 Å². The molecule has 1 aromatic rings. The van der Waals surface area contributed by atoms with Gasteiger partial charge in [0.2, 0.25) is 0 Å². The fourth-order valence-electron chi connectivity index (χ4n) is 2.25. The van der Waals surface area contributed by atoms with Gasteiger partial charge >= 0.3 is 0 Å². The Bertz CT molecular complexity index is 353. The Kier molecular flexibility index (Phi) is 4.71. The van der Waals surface area contributed by atoms with Gasteiger partial charge in [-0.2, -0.15) is 11.8 Å². The Hall–Kier alpha value is -0.710. The molecule has 0 radical (unpaired) electrons. The molecule has 0 aliphatic carbocycles. The van der Waals surface area contributed by atoms with E-state index in [0.29, 0.717) is 11.9 Å². The van der Waals surface area contributed by atoms with Gasteiger partial charge < -0.3 is 4.74 Å². The van der Waals surface area contributed by atoms with Crippen molar-refractivity contribution in [1.82, 2.24) is 5.43 Å². The number of hydrogen-bond acceptors (Lipinski definition) is 4. The highest BCUT2D eigenvalue weighted by molar-refractivity contribution is 8.00. The van der Waals surface area contributed by atoms with E-state index in [-0.39, 0.29) is 6.04 Å². The third-order valence-corrected chi connectivity index (χ3v) is 4.50. The Morgan fingerprint density at radius 3 is 3.12 bits per heavy atom. The molecule has 1 heterocycles. The van der Waals surface area contributed by atoms with Gasteiger partial charge in [-0.1, -0.05) is 12.1 Å². The molecule has 1 aromatic carbocycles. The summed E-state index contributed by atoms with van der Waals surface area (Å²) in [6.45, 7) is 2.69. The molecule has 2 rings (SSSR count). The summed E-state index contributed by atoms with van der Waals surface area (Å²) in [6.07, 6.45) is 2.52. The van der Waals surface area contributed by atoms with Crippen LogP contribution < -0.4 is 16.0 Å². The average Bonchev–Trinajstić information content (AvgIpc) is 2.85. The van der Waals surface area contributed by atoms with Crippen LogP contribution in [0, 0.1) is 0 Å². The van der Waals surface area contributed by atoms with Crippen LogP contribution in [0.2, 0.25) is 0 Å². The van der Waals surface area contributed by atoms with Gasteiger partial charge in [-0.3, -0.25) is 11.3 Å². The highest BCUT2D eigenvalue weighted by Gasteiger charge is 2.26. The van der Waals surface area contributed by atoms with Gasteiger partial charge in [0, 0.05) is 5.25 Å². The SMILES string of the molecule is CCOc1cccc(C(NN)C2CCCS2)c1. The smallest absolute Gasteiger partial charge is 0.119 e. The summed E-state index contributed by atoms with van der Waals surface area (Å²) in [7, 11) is 0. The van der Waals surface area contributed by atoms with Crippen molar-refractivity contribution in [2.24, 2.45) is 5.84 Å². The molecule has 0 saturated carbocycles. The minimum Gasteiger partial charge on any atom is -0.494 e. The Labute approximate surface area is 107 Å². The predicted molar refractivity (Wildman–Crippen MR) is 73.2 cm³/mol. The molecule has 0 spiro atoms. The first-order valence-corrected chi connectivity index (χ1v) is 7.20. The number of thioether (sulfide) groups is 1.